The minimum Gasteiger partial charge on any atom is -0.490 e. The smallest absolute Gasteiger partial charge is 0.249 e. The first-order chi connectivity index (χ1) is 18.3. The fraction of sp³-hybridized carbons (Fsp3) is 0.179. The van der Waals surface area contributed by atoms with Crippen LogP contribution < -0.4 is 20.2 Å². The summed E-state index contributed by atoms with van der Waals surface area (Å²) in [5.74, 6) is -0.0408. The molecule has 0 heterocycles. The van der Waals surface area contributed by atoms with E-state index in [0.717, 1.165) is 11.1 Å². The third kappa shape index (κ3) is 8.52. The van der Waals surface area contributed by atoms with Crippen LogP contribution in [0, 0.1) is 0 Å². The molecule has 0 radical (unpaired) electrons. The van der Waals surface area contributed by atoms with Gasteiger partial charge < -0.3 is 14.8 Å². The summed E-state index contributed by atoms with van der Waals surface area (Å²) in [4.78, 5) is 24.3. The SMILES string of the molecule is C=CCc1cc(C=NNC(=O)CC(=O)Nc2ccccc2Cl)cc(OCC)c1OCc1ccc(Cl)cc1Cl. The molecule has 0 aliphatic carbocycles. The van der Waals surface area contributed by atoms with Gasteiger partial charge in [-0.2, -0.15) is 5.10 Å². The number of anilines is 1. The molecule has 0 aliphatic heterocycles. The molecule has 0 saturated heterocycles. The van der Waals surface area contributed by atoms with E-state index in [0.29, 0.717) is 50.8 Å². The van der Waals surface area contributed by atoms with E-state index in [2.05, 4.69) is 22.4 Å². The zero-order valence-corrected chi connectivity index (χ0v) is 22.9. The minimum absolute atomic E-state index is 0.208. The standard InChI is InChI=1S/C28H26Cl3N3O4/c1-3-7-19-12-18(16-32-34-27(36)15-26(35)33-24-9-6-5-8-22(24)30)13-25(37-4-2)28(19)38-17-20-10-11-21(29)14-23(20)31/h3,5-6,8-14,16H,1,4,7,15,17H2,2H3,(H,33,35)(H,34,36). The number of hydrogen-bond donors (Lipinski definition) is 2. The molecule has 198 valence electrons. The number of carbonyl (C=O) groups is 2. The number of nitrogens with one attached hydrogen (secondary N) is 2. The van der Waals surface area contributed by atoms with Crippen molar-refractivity contribution in [2.75, 3.05) is 11.9 Å². The van der Waals surface area contributed by atoms with Crippen LogP contribution in [-0.4, -0.2) is 24.6 Å². The molecule has 2 amide bonds. The maximum absolute atomic E-state index is 12.2. The van der Waals surface area contributed by atoms with Crippen LogP contribution in [0.25, 0.3) is 0 Å². The van der Waals surface area contributed by atoms with Crippen LogP contribution in [0.15, 0.2) is 72.4 Å². The van der Waals surface area contributed by atoms with Crippen LogP contribution in [0.1, 0.15) is 30.0 Å². The molecular formula is C28H26Cl3N3O4. The first-order valence-electron chi connectivity index (χ1n) is 11.6. The maximum Gasteiger partial charge on any atom is 0.249 e. The molecule has 0 atom stereocenters. The quantitative estimate of drug-likeness (QED) is 0.107. The molecule has 10 heteroatoms. The van der Waals surface area contributed by atoms with E-state index in [1.807, 2.05) is 13.0 Å². The van der Waals surface area contributed by atoms with E-state index in [9.17, 15) is 9.59 Å². The third-order valence-corrected chi connectivity index (χ3v) is 5.99. The number of ether oxygens (including phenoxy) is 2. The van der Waals surface area contributed by atoms with Crippen LogP contribution in [0.2, 0.25) is 15.1 Å². The highest BCUT2D eigenvalue weighted by atomic mass is 35.5. The van der Waals surface area contributed by atoms with E-state index in [1.54, 1.807) is 54.6 Å². The van der Waals surface area contributed by atoms with Crippen molar-refractivity contribution in [2.24, 2.45) is 5.10 Å². The lowest BCUT2D eigenvalue weighted by Crippen LogP contribution is -2.24. The van der Waals surface area contributed by atoms with Crippen LogP contribution in [0.3, 0.4) is 0 Å². The van der Waals surface area contributed by atoms with Gasteiger partial charge in [-0.05, 0) is 55.3 Å². The number of hydrazone groups is 1. The monoisotopic (exact) mass is 573 g/mol. The van der Waals surface area contributed by atoms with Gasteiger partial charge in [-0.25, -0.2) is 5.43 Å². The number of amides is 2. The Kier molecular flexibility index (Phi) is 11.0. The normalized spacial score (nSPS) is 10.7. The fourth-order valence-electron chi connectivity index (χ4n) is 3.40. The van der Waals surface area contributed by atoms with E-state index in [-0.39, 0.29) is 6.61 Å². The van der Waals surface area contributed by atoms with Gasteiger partial charge >= 0.3 is 0 Å². The zero-order chi connectivity index (χ0) is 27.5. The Bertz CT molecular complexity index is 1340. The van der Waals surface area contributed by atoms with Gasteiger partial charge in [0.15, 0.2) is 11.5 Å². The molecule has 3 aromatic carbocycles. The third-order valence-electron chi connectivity index (χ3n) is 5.08. The van der Waals surface area contributed by atoms with Crippen LogP contribution in [0.5, 0.6) is 11.5 Å². The number of allylic oxidation sites excluding steroid dienone is 1. The highest BCUT2D eigenvalue weighted by molar-refractivity contribution is 6.35. The number of rotatable bonds is 12. The number of para-hydroxylation sites is 1. The molecule has 0 saturated carbocycles. The predicted octanol–water partition coefficient (Wildman–Crippen LogP) is 6.83. The highest BCUT2D eigenvalue weighted by Crippen LogP contribution is 2.35. The molecule has 0 unspecified atom stereocenters. The molecule has 7 nitrogen and oxygen atoms in total. The van der Waals surface area contributed by atoms with Gasteiger partial charge in [-0.15, -0.1) is 6.58 Å². The summed E-state index contributed by atoms with van der Waals surface area (Å²) >= 11 is 18.3. The van der Waals surface area contributed by atoms with E-state index in [4.69, 9.17) is 44.3 Å². The molecule has 0 aliphatic rings. The number of carbonyl (C=O) groups excluding carboxylic acids is 2. The van der Waals surface area contributed by atoms with Crippen molar-refractivity contribution >= 4 is 58.5 Å². The molecule has 0 fully saturated rings. The lowest BCUT2D eigenvalue weighted by molar-refractivity contribution is -0.126. The van der Waals surface area contributed by atoms with Crippen molar-refractivity contribution in [3.05, 3.63) is 99.0 Å². The summed E-state index contributed by atoms with van der Waals surface area (Å²) in [5, 5.41) is 7.99. The summed E-state index contributed by atoms with van der Waals surface area (Å²) in [6, 6.07) is 15.6. The second kappa shape index (κ2) is 14.4. The van der Waals surface area contributed by atoms with Crippen LogP contribution in [-0.2, 0) is 22.6 Å². The van der Waals surface area contributed by atoms with Crippen molar-refractivity contribution < 1.29 is 19.1 Å². The van der Waals surface area contributed by atoms with Crippen molar-refractivity contribution in [2.45, 2.75) is 26.4 Å². The number of benzene rings is 3. The van der Waals surface area contributed by atoms with Crippen molar-refractivity contribution in [3.63, 3.8) is 0 Å². The molecule has 3 rings (SSSR count). The Hall–Kier alpha value is -3.52. The highest BCUT2D eigenvalue weighted by Gasteiger charge is 2.15. The lowest BCUT2D eigenvalue weighted by atomic mass is 10.1. The summed E-state index contributed by atoms with van der Waals surface area (Å²) in [7, 11) is 0. The van der Waals surface area contributed by atoms with E-state index < -0.39 is 18.2 Å². The average Bonchev–Trinajstić information content (AvgIpc) is 2.86. The summed E-state index contributed by atoms with van der Waals surface area (Å²) < 4.78 is 11.9. The first kappa shape index (κ1) is 29.0. The van der Waals surface area contributed by atoms with Gasteiger partial charge in [0.1, 0.15) is 13.0 Å². The molecule has 0 bridgehead atoms. The summed E-state index contributed by atoms with van der Waals surface area (Å²) in [5.41, 5.74) is 5.02. The molecule has 0 aromatic heterocycles. The number of hydrogen-bond acceptors (Lipinski definition) is 5. The molecule has 3 aromatic rings. The largest absolute Gasteiger partial charge is 0.490 e. The topological polar surface area (TPSA) is 89.0 Å². The van der Waals surface area contributed by atoms with Gasteiger partial charge in [0.2, 0.25) is 11.8 Å². The van der Waals surface area contributed by atoms with Crippen LogP contribution >= 0.6 is 34.8 Å². The number of nitrogens with zero attached hydrogens (tertiary/aromatic N) is 1. The Morgan fingerprint density at radius 1 is 0.974 bits per heavy atom. The second-order valence-corrected chi connectivity index (χ2v) is 9.21. The van der Waals surface area contributed by atoms with Gasteiger partial charge in [0, 0.05) is 21.2 Å². The summed E-state index contributed by atoms with van der Waals surface area (Å²) in [6.45, 7) is 6.30. The Morgan fingerprint density at radius 3 is 2.47 bits per heavy atom. The van der Waals surface area contributed by atoms with Gasteiger partial charge in [0.05, 0.1) is 23.5 Å². The van der Waals surface area contributed by atoms with Gasteiger partial charge in [-0.1, -0.05) is 59.1 Å². The van der Waals surface area contributed by atoms with Crippen molar-refractivity contribution in [3.8, 4) is 11.5 Å². The Morgan fingerprint density at radius 2 is 1.76 bits per heavy atom. The lowest BCUT2D eigenvalue weighted by Gasteiger charge is -2.17. The predicted molar refractivity (Wildman–Crippen MR) is 153 cm³/mol. The Labute approximate surface area is 236 Å². The zero-order valence-electron chi connectivity index (χ0n) is 20.6. The molecule has 38 heavy (non-hydrogen) atoms. The van der Waals surface area contributed by atoms with Crippen LogP contribution in [0.4, 0.5) is 5.69 Å². The second-order valence-electron chi connectivity index (χ2n) is 7.96. The van der Waals surface area contributed by atoms with Crippen molar-refractivity contribution in [1.29, 1.82) is 0 Å². The van der Waals surface area contributed by atoms with Gasteiger partial charge in [0.25, 0.3) is 0 Å². The molecular weight excluding hydrogens is 549 g/mol. The average molecular weight is 575 g/mol. The minimum atomic E-state index is -0.582. The first-order valence-corrected chi connectivity index (χ1v) is 12.8. The van der Waals surface area contributed by atoms with Gasteiger partial charge in [-0.3, -0.25) is 9.59 Å². The van der Waals surface area contributed by atoms with Crippen molar-refractivity contribution in [1.82, 2.24) is 5.43 Å². The molecule has 2 N–H and O–H groups in total. The number of halogens is 3. The maximum atomic E-state index is 12.2. The molecule has 0 spiro atoms. The fourth-order valence-corrected chi connectivity index (χ4v) is 4.05. The summed E-state index contributed by atoms with van der Waals surface area (Å²) in [6.07, 6.45) is 3.28. The van der Waals surface area contributed by atoms with E-state index in [1.165, 1.54) is 6.21 Å². The Balaban J connectivity index is 1.69. The van der Waals surface area contributed by atoms with E-state index >= 15 is 0 Å².